The van der Waals surface area contributed by atoms with Crippen molar-refractivity contribution >= 4 is 34.8 Å². The summed E-state index contributed by atoms with van der Waals surface area (Å²) in [7, 11) is 1.53. The molecule has 5 rings (SSSR count). The van der Waals surface area contributed by atoms with E-state index in [1.807, 2.05) is 18.2 Å². The first-order chi connectivity index (χ1) is 17.9. The molecule has 1 aliphatic rings. The third-order valence-electron chi connectivity index (χ3n) is 5.97. The maximum absolute atomic E-state index is 13.7. The number of fused-ring (bicyclic) bond motifs is 1. The van der Waals surface area contributed by atoms with Crippen LogP contribution in [-0.2, 0) is 4.79 Å². The predicted octanol–water partition coefficient (Wildman–Crippen LogP) is 5.44. The highest BCUT2D eigenvalue weighted by atomic mass is 35.5. The Balaban J connectivity index is 1.62. The van der Waals surface area contributed by atoms with Gasteiger partial charge in [-0.3, -0.25) is 14.9 Å². The predicted molar refractivity (Wildman–Crippen MR) is 140 cm³/mol. The van der Waals surface area contributed by atoms with E-state index in [9.17, 15) is 14.9 Å². The zero-order valence-corrected chi connectivity index (χ0v) is 20.6. The maximum atomic E-state index is 13.7. The Morgan fingerprint density at radius 1 is 1.14 bits per heavy atom. The van der Waals surface area contributed by atoms with Crippen LogP contribution in [0.15, 0.2) is 84.1 Å². The van der Waals surface area contributed by atoms with Gasteiger partial charge in [-0.15, -0.1) is 5.10 Å². The monoisotopic (exact) mass is 516 g/mol. The molecule has 0 aliphatic carbocycles. The number of hydrogen-bond acceptors (Lipinski definition) is 7. The molecule has 1 aliphatic heterocycles. The van der Waals surface area contributed by atoms with E-state index in [2.05, 4.69) is 20.7 Å². The molecular weight excluding hydrogens is 496 g/mol. The quantitative estimate of drug-likeness (QED) is 0.258. The summed E-state index contributed by atoms with van der Waals surface area (Å²) in [4.78, 5) is 29.1. The number of aromatic nitrogens is 3. The number of hydrogen-bond donors (Lipinski definition) is 2. The fraction of sp³-hybridized carbons (Fsp3) is 0.115. The van der Waals surface area contributed by atoms with E-state index in [0.717, 1.165) is 0 Å². The first kappa shape index (κ1) is 24.0. The molecule has 10 nitrogen and oxygen atoms in total. The molecule has 1 unspecified atom stereocenters. The van der Waals surface area contributed by atoms with Gasteiger partial charge in [0.2, 0.25) is 5.95 Å². The lowest BCUT2D eigenvalue weighted by atomic mass is 9.95. The number of amides is 1. The molecule has 1 amide bonds. The Morgan fingerprint density at radius 2 is 1.89 bits per heavy atom. The molecule has 1 aromatic heterocycles. The molecule has 2 N–H and O–H groups in total. The van der Waals surface area contributed by atoms with E-state index in [-0.39, 0.29) is 17.4 Å². The van der Waals surface area contributed by atoms with Gasteiger partial charge >= 0.3 is 0 Å². The molecule has 0 fully saturated rings. The molecule has 0 saturated heterocycles. The molecule has 0 saturated carbocycles. The molecule has 0 spiro atoms. The Morgan fingerprint density at radius 3 is 2.65 bits per heavy atom. The van der Waals surface area contributed by atoms with Crippen LogP contribution in [0.2, 0.25) is 5.02 Å². The molecule has 37 heavy (non-hydrogen) atoms. The normalized spacial score (nSPS) is 14.5. The summed E-state index contributed by atoms with van der Waals surface area (Å²) in [5.74, 6) is 0.777. The summed E-state index contributed by atoms with van der Waals surface area (Å²) in [6.07, 6.45) is 0. The second-order valence-corrected chi connectivity index (χ2v) is 8.66. The first-order valence-electron chi connectivity index (χ1n) is 11.3. The fourth-order valence-electron chi connectivity index (χ4n) is 4.25. The zero-order chi connectivity index (χ0) is 26.1. The summed E-state index contributed by atoms with van der Waals surface area (Å²) < 4.78 is 6.95. The van der Waals surface area contributed by atoms with Gasteiger partial charge < -0.3 is 15.4 Å². The highest BCUT2D eigenvalue weighted by Crippen LogP contribution is 2.40. The van der Waals surface area contributed by atoms with Gasteiger partial charge in [0.25, 0.3) is 11.6 Å². The molecule has 3 aromatic carbocycles. The Hall–Kier alpha value is -4.70. The molecule has 0 bridgehead atoms. The van der Waals surface area contributed by atoms with E-state index < -0.39 is 11.0 Å². The van der Waals surface area contributed by atoms with Gasteiger partial charge in [-0.1, -0.05) is 54.1 Å². The highest BCUT2D eigenvalue weighted by Gasteiger charge is 2.35. The molecule has 1 atom stereocenters. The third kappa shape index (κ3) is 4.50. The molecule has 4 aromatic rings. The summed E-state index contributed by atoms with van der Waals surface area (Å²) in [6.45, 7) is 1.77. The Labute approximate surface area is 216 Å². The number of benzene rings is 3. The molecule has 11 heteroatoms. The number of nitrogens with one attached hydrogen (secondary N) is 2. The van der Waals surface area contributed by atoms with Crippen LogP contribution < -0.4 is 15.4 Å². The van der Waals surface area contributed by atoms with Gasteiger partial charge in [0.15, 0.2) is 5.82 Å². The second kappa shape index (κ2) is 9.75. The number of anilines is 2. The topological polar surface area (TPSA) is 124 Å². The fourth-order valence-corrected chi connectivity index (χ4v) is 4.49. The average Bonchev–Trinajstić information content (AvgIpc) is 3.32. The van der Waals surface area contributed by atoms with E-state index in [4.69, 9.17) is 16.3 Å². The lowest BCUT2D eigenvalue weighted by molar-refractivity contribution is -0.384. The van der Waals surface area contributed by atoms with Gasteiger partial charge in [0, 0.05) is 34.0 Å². The van der Waals surface area contributed by atoms with E-state index in [1.165, 1.54) is 19.2 Å². The van der Waals surface area contributed by atoms with Crippen LogP contribution in [-0.4, -0.2) is 32.7 Å². The number of nitro groups is 1. The van der Waals surface area contributed by atoms with Crippen LogP contribution in [0.1, 0.15) is 18.5 Å². The number of halogens is 1. The minimum absolute atomic E-state index is 0.0768. The van der Waals surface area contributed by atoms with Crippen molar-refractivity contribution in [3.63, 3.8) is 0 Å². The number of nitro benzene ring substituents is 1. The van der Waals surface area contributed by atoms with Crippen molar-refractivity contribution in [2.45, 2.75) is 13.0 Å². The van der Waals surface area contributed by atoms with Gasteiger partial charge in [-0.2, -0.15) is 4.98 Å². The van der Waals surface area contributed by atoms with Gasteiger partial charge in [0.1, 0.15) is 11.8 Å². The van der Waals surface area contributed by atoms with Crippen LogP contribution in [0.4, 0.5) is 17.3 Å². The number of allylic oxidation sites excluding steroid dienone is 1. The summed E-state index contributed by atoms with van der Waals surface area (Å²) in [5.41, 5.74) is 2.48. The number of rotatable bonds is 6. The lowest BCUT2D eigenvalue weighted by Gasteiger charge is -2.29. The molecule has 186 valence electrons. The second-order valence-electron chi connectivity index (χ2n) is 8.25. The number of non-ortho nitro benzene ring substituents is 1. The van der Waals surface area contributed by atoms with Crippen molar-refractivity contribution in [2.24, 2.45) is 0 Å². The van der Waals surface area contributed by atoms with Crippen LogP contribution >= 0.6 is 11.6 Å². The SMILES string of the molecule is COc1ccccc1NC(=O)C1=C(C)Nc2nc(-c3cccc([N+](=O)[O-])c3)nn2C1c1ccccc1Cl. The Bertz CT molecular complexity index is 1560. The van der Waals surface area contributed by atoms with Crippen LogP contribution in [0.25, 0.3) is 11.4 Å². The third-order valence-corrected chi connectivity index (χ3v) is 6.31. The standard InChI is InChI=1S/C26H21ClN6O4/c1-15-22(25(34)29-20-12-5-6-13-21(20)37-2)23(18-10-3-4-11-19(18)27)32-26(28-15)30-24(31-32)16-8-7-9-17(14-16)33(35)36/h3-14,23H,1-2H3,(H,29,34)(H,28,30,31). The van der Waals surface area contributed by atoms with Crippen LogP contribution in [0.3, 0.4) is 0 Å². The molecule has 2 heterocycles. The van der Waals surface area contributed by atoms with Gasteiger partial charge in [-0.05, 0) is 25.1 Å². The van der Waals surface area contributed by atoms with E-state index in [0.29, 0.717) is 44.8 Å². The number of carbonyl (C=O) groups is 1. The lowest BCUT2D eigenvalue weighted by Crippen LogP contribution is -2.31. The number of ether oxygens (including phenoxy) is 1. The molecule has 0 radical (unpaired) electrons. The largest absolute Gasteiger partial charge is 0.495 e. The van der Waals surface area contributed by atoms with Crippen molar-refractivity contribution in [3.8, 4) is 17.1 Å². The van der Waals surface area contributed by atoms with Crippen molar-refractivity contribution in [2.75, 3.05) is 17.7 Å². The van der Waals surface area contributed by atoms with E-state index in [1.54, 1.807) is 54.1 Å². The van der Waals surface area contributed by atoms with E-state index >= 15 is 0 Å². The smallest absolute Gasteiger partial charge is 0.270 e. The van der Waals surface area contributed by atoms with Crippen molar-refractivity contribution < 1.29 is 14.5 Å². The molecular formula is C26H21ClN6O4. The first-order valence-corrected chi connectivity index (χ1v) is 11.6. The summed E-state index contributed by atoms with van der Waals surface area (Å²) in [5, 5.41) is 22.5. The Kier molecular flexibility index (Phi) is 6.33. The highest BCUT2D eigenvalue weighted by molar-refractivity contribution is 6.31. The van der Waals surface area contributed by atoms with Crippen molar-refractivity contribution in [1.82, 2.24) is 14.8 Å². The average molecular weight is 517 g/mol. The summed E-state index contributed by atoms with van der Waals surface area (Å²) >= 11 is 6.60. The maximum Gasteiger partial charge on any atom is 0.270 e. The number of nitrogens with zero attached hydrogens (tertiary/aromatic N) is 4. The van der Waals surface area contributed by atoms with Gasteiger partial charge in [0.05, 0.1) is 23.3 Å². The van der Waals surface area contributed by atoms with Gasteiger partial charge in [-0.25, -0.2) is 4.68 Å². The van der Waals surface area contributed by atoms with Crippen LogP contribution in [0.5, 0.6) is 5.75 Å². The number of methoxy groups -OCH3 is 1. The summed E-state index contributed by atoms with van der Waals surface area (Å²) in [6, 6.07) is 19.6. The number of para-hydroxylation sites is 2. The number of carbonyl (C=O) groups excluding carboxylic acids is 1. The zero-order valence-electron chi connectivity index (χ0n) is 19.8. The minimum Gasteiger partial charge on any atom is -0.495 e. The van der Waals surface area contributed by atoms with Crippen molar-refractivity contribution in [3.05, 3.63) is 105 Å². The van der Waals surface area contributed by atoms with Crippen molar-refractivity contribution in [1.29, 1.82) is 0 Å². The van der Waals surface area contributed by atoms with Crippen LogP contribution in [0, 0.1) is 10.1 Å². The minimum atomic E-state index is -0.723.